The van der Waals surface area contributed by atoms with Gasteiger partial charge in [0.05, 0.1) is 35.0 Å². The van der Waals surface area contributed by atoms with Crippen molar-refractivity contribution in [3.05, 3.63) is 80.7 Å². The van der Waals surface area contributed by atoms with Crippen molar-refractivity contribution < 1.29 is 37.8 Å². The fourth-order valence-electron chi connectivity index (χ4n) is 9.73. The lowest BCUT2D eigenvalue weighted by Crippen LogP contribution is -2.54. The van der Waals surface area contributed by atoms with Gasteiger partial charge in [0.1, 0.15) is 17.2 Å². The predicted octanol–water partition coefficient (Wildman–Crippen LogP) is 4.64. The van der Waals surface area contributed by atoms with Gasteiger partial charge < -0.3 is 29.6 Å². The van der Waals surface area contributed by atoms with Gasteiger partial charge in [-0.3, -0.25) is 43.9 Å². The van der Waals surface area contributed by atoms with Crippen LogP contribution in [0.25, 0.3) is 10.9 Å². The Balaban J connectivity index is 0.755. The first kappa shape index (κ1) is 44.2. The molecule has 3 saturated heterocycles. The number of benzene rings is 2. The summed E-state index contributed by atoms with van der Waals surface area (Å²) in [5.74, 6) is -2.00. The average molecular weight is 912 g/mol. The number of amides is 5. The maximum atomic E-state index is 15.9. The molecule has 1 unspecified atom stereocenters. The van der Waals surface area contributed by atoms with Crippen LogP contribution in [0.2, 0.25) is 5.02 Å². The molecule has 2 aromatic heterocycles. The molecule has 342 valence electrons. The van der Waals surface area contributed by atoms with Crippen molar-refractivity contribution in [1.29, 1.82) is 0 Å². The molecule has 4 fully saturated rings. The van der Waals surface area contributed by atoms with Crippen molar-refractivity contribution >= 4 is 69.5 Å². The van der Waals surface area contributed by atoms with Crippen LogP contribution in [0.3, 0.4) is 0 Å². The predicted molar refractivity (Wildman–Crippen MR) is 239 cm³/mol. The van der Waals surface area contributed by atoms with E-state index < -0.39 is 41.8 Å². The van der Waals surface area contributed by atoms with Gasteiger partial charge in [-0.1, -0.05) is 17.7 Å². The number of likely N-dealkylation sites (tertiary alicyclic amines) is 1. The van der Waals surface area contributed by atoms with E-state index in [-0.39, 0.29) is 78.6 Å². The molecule has 3 N–H and O–H groups in total. The number of hydrogen-bond acceptors (Lipinski definition) is 13. The number of likely N-dealkylation sites (N-methyl/N-ethyl adjacent to an activating group) is 1. The molecule has 1 saturated carbocycles. The second-order valence-electron chi connectivity index (χ2n) is 17.7. The lowest BCUT2D eigenvalue weighted by atomic mass is 9.82. The molecule has 0 bridgehead atoms. The van der Waals surface area contributed by atoms with Crippen LogP contribution in [0.1, 0.15) is 97.0 Å². The highest BCUT2D eigenvalue weighted by Crippen LogP contribution is 2.39. The number of nitrogens with zero attached hydrogens (tertiary/aromatic N) is 6. The highest BCUT2D eigenvalue weighted by atomic mass is 35.5. The van der Waals surface area contributed by atoms with Crippen LogP contribution in [0.15, 0.2) is 53.5 Å². The molecule has 9 rings (SSSR count). The van der Waals surface area contributed by atoms with Crippen LogP contribution in [0, 0.1) is 0 Å². The standard InChI is InChI=1S/C46H51ClFN9O8/c1-24(2)56-36-7-5-27(16-26(36)18-38(45(56)63)64-23-40(59)49-3)51-41-34(47)21-50-46(53-41)54-13-10-29(11-14-54)65-30-19-28(20-30)55-15-12-31(35(48)22-55)25-4-6-32-33(17-25)44(62)57(43(32)61)37-8-9-39(58)52-42(37)60/h4-7,16-18,21,24,28-31,35,37H,8-15,19-20,22-23H2,1-3H3,(H,49,59)(H,50,51,53)(H,52,58,60)/t28-,30-,31-,35-,37?/m0/s1. The van der Waals surface area contributed by atoms with Crippen LogP contribution in [0.5, 0.6) is 5.75 Å². The number of anilines is 3. The fraction of sp³-hybridized carbons (Fsp3) is 0.478. The van der Waals surface area contributed by atoms with E-state index in [1.54, 1.807) is 35.0 Å². The molecule has 6 heterocycles. The molecule has 5 amide bonds. The van der Waals surface area contributed by atoms with Gasteiger partial charge in [-0.15, -0.1) is 0 Å². The summed E-state index contributed by atoms with van der Waals surface area (Å²) in [6, 6.07) is 11.1. The fourth-order valence-corrected chi connectivity index (χ4v) is 9.87. The van der Waals surface area contributed by atoms with Gasteiger partial charge in [0.15, 0.2) is 18.2 Å². The third kappa shape index (κ3) is 8.78. The number of fused-ring (bicyclic) bond motifs is 2. The number of aromatic nitrogens is 3. The summed E-state index contributed by atoms with van der Waals surface area (Å²) in [7, 11) is 1.50. The van der Waals surface area contributed by atoms with Crippen LogP contribution in [-0.2, 0) is 19.1 Å². The second-order valence-corrected chi connectivity index (χ2v) is 18.1. The maximum absolute atomic E-state index is 15.9. The number of pyridine rings is 1. The minimum absolute atomic E-state index is 0.0399. The molecule has 5 aliphatic rings. The number of halogens is 2. The number of carbonyl (C=O) groups is 5. The Labute approximate surface area is 379 Å². The molecule has 4 aromatic rings. The first-order valence-corrected chi connectivity index (χ1v) is 22.6. The number of carbonyl (C=O) groups excluding carboxylic acids is 5. The van der Waals surface area contributed by atoms with Crippen molar-refractivity contribution in [1.82, 2.24) is 35.0 Å². The summed E-state index contributed by atoms with van der Waals surface area (Å²) in [4.78, 5) is 90.2. The van der Waals surface area contributed by atoms with Gasteiger partial charge in [-0.2, -0.15) is 4.98 Å². The zero-order valence-electron chi connectivity index (χ0n) is 36.4. The SMILES string of the molecule is CNC(=O)COc1cc2cc(Nc3nc(N4CCC(O[C@H]5C[C@H](N6CC[C@@H](c7ccc8c(c7)C(=O)N(C7CCC(=O)NC7=O)C8=O)[C@@H](F)C6)C5)CC4)ncc3Cl)ccc2n(C(C)C)c1=O. The van der Waals surface area contributed by atoms with E-state index in [9.17, 15) is 28.8 Å². The second kappa shape index (κ2) is 18.1. The smallest absolute Gasteiger partial charge is 0.293 e. The highest BCUT2D eigenvalue weighted by Gasteiger charge is 2.46. The zero-order chi connectivity index (χ0) is 45.7. The van der Waals surface area contributed by atoms with Crippen LogP contribution in [0.4, 0.5) is 21.8 Å². The summed E-state index contributed by atoms with van der Waals surface area (Å²) in [6.07, 6.45) is 4.50. The molecule has 0 spiro atoms. The van der Waals surface area contributed by atoms with Gasteiger partial charge >= 0.3 is 0 Å². The quantitative estimate of drug-likeness (QED) is 0.167. The van der Waals surface area contributed by atoms with E-state index in [1.165, 1.54) is 7.05 Å². The van der Waals surface area contributed by atoms with E-state index in [4.69, 9.17) is 26.1 Å². The van der Waals surface area contributed by atoms with Crippen molar-refractivity contribution in [3.8, 4) is 5.75 Å². The third-order valence-corrected chi connectivity index (χ3v) is 13.6. The Morgan fingerprint density at radius 1 is 0.954 bits per heavy atom. The van der Waals surface area contributed by atoms with Crippen LogP contribution < -0.4 is 31.1 Å². The van der Waals surface area contributed by atoms with Crippen LogP contribution >= 0.6 is 11.6 Å². The summed E-state index contributed by atoms with van der Waals surface area (Å²) >= 11 is 6.58. The number of hydrogen-bond donors (Lipinski definition) is 3. The summed E-state index contributed by atoms with van der Waals surface area (Å²) in [5, 5.41) is 9.08. The van der Waals surface area contributed by atoms with Crippen molar-refractivity contribution in [2.75, 3.05) is 50.1 Å². The number of imide groups is 2. The largest absolute Gasteiger partial charge is 0.478 e. The first-order chi connectivity index (χ1) is 31.3. The molecule has 1 aliphatic carbocycles. The lowest BCUT2D eigenvalue weighted by Gasteiger charge is -2.47. The summed E-state index contributed by atoms with van der Waals surface area (Å²) in [6.45, 7) is 5.88. The minimum Gasteiger partial charge on any atom is -0.478 e. The normalized spacial score (nSPS) is 24.0. The monoisotopic (exact) mass is 911 g/mol. The Kier molecular flexibility index (Phi) is 12.3. The van der Waals surface area contributed by atoms with E-state index in [0.717, 1.165) is 36.0 Å². The van der Waals surface area contributed by atoms with Crippen molar-refractivity contribution in [3.63, 3.8) is 0 Å². The summed E-state index contributed by atoms with van der Waals surface area (Å²) in [5.41, 5.74) is 2.09. The first-order valence-electron chi connectivity index (χ1n) is 22.2. The molecular weight excluding hydrogens is 861 g/mol. The molecule has 0 radical (unpaired) electrons. The number of rotatable bonds is 12. The third-order valence-electron chi connectivity index (χ3n) is 13.3. The molecule has 4 aliphatic heterocycles. The highest BCUT2D eigenvalue weighted by molar-refractivity contribution is 6.33. The Bertz CT molecular complexity index is 2630. The lowest BCUT2D eigenvalue weighted by molar-refractivity contribution is -0.136. The van der Waals surface area contributed by atoms with Crippen molar-refractivity contribution in [2.45, 2.75) is 101 Å². The van der Waals surface area contributed by atoms with Crippen molar-refractivity contribution in [2.24, 2.45) is 0 Å². The van der Waals surface area contributed by atoms with Gasteiger partial charge in [-0.25, -0.2) is 9.37 Å². The molecule has 19 heteroatoms. The maximum Gasteiger partial charge on any atom is 0.293 e. The van der Waals surface area contributed by atoms with Gasteiger partial charge in [0.25, 0.3) is 23.3 Å². The van der Waals surface area contributed by atoms with Crippen LogP contribution in [-0.4, -0.2) is 124 Å². The Hall–Kier alpha value is -5.98. The topological polar surface area (TPSA) is 197 Å². The van der Waals surface area contributed by atoms with E-state index in [2.05, 4.69) is 30.7 Å². The molecule has 65 heavy (non-hydrogen) atoms. The van der Waals surface area contributed by atoms with E-state index >= 15 is 4.39 Å². The Morgan fingerprint density at radius 3 is 2.45 bits per heavy atom. The molecule has 3 atom stereocenters. The molecule has 2 aromatic carbocycles. The van der Waals surface area contributed by atoms with Gasteiger partial charge in [0, 0.05) is 62.2 Å². The number of alkyl halides is 1. The summed E-state index contributed by atoms with van der Waals surface area (Å²) < 4.78 is 29.7. The molecule has 17 nitrogen and oxygen atoms in total. The van der Waals surface area contributed by atoms with Gasteiger partial charge in [0.2, 0.25) is 17.8 Å². The van der Waals surface area contributed by atoms with E-state index in [1.807, 2.05) is 32.0 Å². The molecular formula is C46H51ClFN9O8. The number of piperidine rings is 3. The average Bonchev–Trinajstić information content (AvgIpc) is 3.52. The number of ether oxygens (including phenoxy) is 2. The Morgan fingerprint density at radius 2 is 1.72 bits per heavy atom. The van der Waals surface area contributed by atoms with Gasteiger partial charge in [-0.05, 0) is 101 Å². The zero-order valence-corrected chi connectivity index (χ0v) is 37.1. The number of nitrogens with one attached hydrogen (secondary N) is 3. The van der Waals surface area contributed by atoms with E-state index in [0.29, 0.717) is 59.6 Å². The minimum atomic E-state index is -1.16.